The first-order valence-electron chi connectivity index (χ1n) is 10.5. The number of fused-ring (bicyclic) bond motifs is 1. The molecule has 3 nitrogen and oxygen atoms in total. The van der Waals surface area contributed by atoms with Crippen molar-refractivity contribution < 1.29 is 9.53 Å². The van der Waals surface area contributed by atoms with Gasteiger partial charge in [-0.3, -0.25) is 9.69 Å². The van der Waals surface area contributed by atoms with Crippen molar-refractivity contribution in [2.75, 3.05) is 4.90 Å². The van der Waals surface area contributed by atoms with Crippen LogP contribution < -0.4 is 9.64 Å². The summed E-state index contributed by atoms with van der Waals surface area (Å²) in [6.07, 6.45) is 1.83. The van der Waals surface area contributed by atoms with Gasteiger partial charge in [0.05, 0.1) is 19.5 Å². The van der Waals surface area contributed by atoms with Gasteiger partial charge in [0, 0.05) is 5.02 Å². The van der Waals surface area contributed by atoms with Gasteiger partial charge in [0.1, 0.15) is 12.4 Å². The average molecular weight is 646 g/mol. The highest BCUT2D eigenvalue weighted by Gasteiger charge is 2.33. The monoisotopic (exact) mass is 643 g/mol. The lowest BCUT2D eigenvalue weighted by Gasteiger charge is -2.14. The first-order valence-corrected chi connectivity index (χ1v) is 13.7. The fourth-order valence-corrected chi connectivity index (χ4v) is 6.76. The van der Waals surface area contributed by atoms with Crippen LogP contribution in [0.3, 0.4) is 0 Å². The second kappa shape index (κ2) is 10.4. The molecule has 1 saturated heterocycles. The van der Waals surface area contributed by atoms with E-state index in [0.717, 1.165) is 20.1 Å². The molecule has 0 radical (unpaired) electrons. The molecule has 1 aliphatic heterocycles. The minimum Gasteiger partial charge on any atom is -0.487 e. The molecule has 0 unspecified atom stereocenters. The Balaban J connectivity index is 1.38. The number of carbonyl (C=O) groups is 1. The summed E-state index contributed by atoms with van der Waals surface area (Å²) < 4.78 is 8.21. The van der Waals surface area contributed by atoms with Gasteiger partial charge in [-0.15, -0.1) is 0 Å². The van der Waals surface area contributed by atoms with Crippen LogP contribution in [0, 0.1) is 0 Å². The minimum absolute atomic E-state index is 0.175. The first kappa shape index (κ1) is 24.5. The van der Waals surface area contributed by atoms with Crippen molar-refractivity contribution in [2.24, 2.45) is 0 Å². The Labute approximate surface area is 234 Å². The smallest absolute Gasteiger partial charge is 0.270 e. The zero-order valence-corrected chi connectivity index (χ0v) is 23.6. The normalized spacial score (nSPS) is 14.8. The van der Waals surface area contributed by atoms with Crippen molar-refractivity contribution in [1.82, 2.24) is 0 Å². The predicted octanol–water partition coefficient (Wildman–Crippen LogP) is 9.00. The molecule has 1 amide bonds. The van der Waals surface area contributed by atoms with Crippen LogP contribution in [-0.2, 0) is 11.4 Å². The molecule has 35 heavy (non-hydrogen) atoms. The number of hydrogen-bond donors (Lipinski definition) is 0. The van der Waals surface area contributed by atoms with Crippen molar-refractivity contribution in [3.63, 3.8) is 0 Å². The third kappa shape index (κ3) is 5.20. The van der Waals surface area contributed by atoms with E-state index >= 15 is 0 Å². The number of nitrogens with zero attached hydrogens (tertiary/aromatic N) is 1. The third-order valence-corrected chi connectivity index (χ3v) is 8.15. The molecule has 5 rings (SSSR count). The molecule has 0 spiro atoms. The molecule has 4 aromatic carbocycles. The van der Waals surface area contributed by atoms with Gasteiger partial charge in [-0.05, 0) is 90.2 Å². The number of carbonyl (C=O) groups excluding carboxylic acids is 1. The van der Waals surface area contributed by atoms with E-state index in [1.807, 2.05) is 42.5 Å². The van der Waals surface area contributed by atoms with Crippen LogP contribution in [0.2, 0.25) is 5.02 Å². The molecule has 1 aliphatic rings. The summed E-state index contributed by atoms with van der Waals surface area (Å²) in [5.41, 5.74) is 2.60. The van der Waals surface area contributed by atoms with Crippen LogP contribution >= 0.6 is 67.4 Å². The summed E-state index contributed by atoms with van der Waals surface area (Å²) in [6.45, 7) is 0.427. The van der Waals surface area contributed by atoms with Crippen LogP contribution in [-0.4, -0.2) is 10.2 Å². The lowest BCUT2D eigenvalue weighted by atomic mass is 10.1. The van der Waals surface area contributed by atoms with Gasteiger partial charge >= 0.3 is 0 Å². The summed E-state index contributed by atoms with van der Waals surface area (Å²) >= 11 is 20.1. The van der Waals surface area contributed by atoms with Gasteiger partial charge in [-0.2, -0.15) is 0 Å². The van der Waals surface area contributed by atoms with E-state index in [2.05, 4.69) is 56.1 Å². The molecule has 0 atom stereocenters. The maximum absolute atomic E-state index is 13.1. The topological polar surface area (TPSA) is 29.5 Å². The van der Waals surface area contributed by atoms with Gasteiger partial charge in [-0.1, -0.05) is 84.1 Å². The summed E-state index contributed by atoms with van der Waals surface area (Å²) in [5.74, 6) is 0.521. The molecule has 8 heteroatoms. The molecule has 0 aliphatic carbocycles. The van der Waals surface area contributed by atoms with Gasteiger partial charge in [0.15, 0.2) is 4.32 Å². The maximum atomic E-state index is 13.1. The Morgan fingerprint density at radius 1 is 0.971 bits per heavy atom. The zero-order valence-electron chi connectivity index (χ0n) is 18.0. The first-order chi connectivity index (χ1) is 16.9. The number of benzene rings is 4. The standard InChI is InChI=1S/C27H16Br2ClNO2S2/c28-22-11-16(13-24-26(32)31(27(34)35-24)20-9-4-8-19(30)14-20)12-23(29)25(22)33-15-18-7-3-6-17-5-1-2-10-21(17)18/h1-14H,15H2/b24-13+. The van der Waals surface area contributed by atoms with Crippen molar-refractivity contribution in [1.29, 1.82) is 0 Å². The van der Waals surface area contributed by atoms with Crippen molar-refractivity contribution in [3.05, 3.63) is 109 Å². The number of halogens is 3. The highest BCUT2D eigenvalue weighted by molar-refractivity contribution is 9.11. The quantitative estimate of drug-likeness (QED) is 0.160. The number of anilines is 1. The Kier molecular flexibility index (Phi) is 7.32. The largest absolute Gasteiger partial charge is 0.487 e. The Hall–Kier alpha value is -2.16. The second-order valence-electron chi connectivity index (χ2n) is 7.74. The van der Waals surface area contributed by atoms with Crippen LogP contribution in [0.25, 0.3) is 16.8 Å². The molecule has 0 saturated carbocycles. The van der Waals surface area contributed by atoms with E-state index in [4.69, 9.17) is 28.6 Å². The molecule has 0 N–H and O–H groups in total. The van der Waals surface area contributed by atoms with E-state index in [1.165, 1.54) is 27.4 Å². The zero-order chi connectivity index (χ0) is 24.5. The van der Waals surface area contributed by atoms with Crippen molar-refractivity contribution in [2.45, 2.75) is 6.61 Å². The van der Waals surface area contributed by atoms with Crippen LogP contribution in [0.4, 0.5) is 5.69 Å². The van der Waals surface area contributed by atoms with Crippen LogP contribution in [0.15, 0.2) is 92.7 Å². The number of rotatable bonds is 5. The molecule has 1 fully saturated rings. The van der Waals surface area contributed by atoms with E-state index < -0.39 is 0 Å². The van der Waals surface area contributed by atoms with Gasteiger partial charge < -0.3 is 4.74 Å². The average Bonchev–Trinajstić information content (AvgIpc) is 3.11. The molecule has 4 aromatic rings. The Morgan fingerprint density at radius 3 is 2.46 bits per heavy atom. The maximum Gasteiger partial charge on any atom is 0.270 e. The van der Waals surface area contributed by atoms with Crippen LogP contribution in [0.5, 0.6) is 5.75 Å². The SMILES string of the molecule is O=C1/C(=C\c2cc(Br)c(OCc3cccc4ccccc34)c(Br)c2)SC(=S)N1c1cccc(Cl)c1. The highest BCUT2D eigenvalue weighted by Crippen LogP contribution is 2.40. The number of ether oxygens (including phenoxy) is 1. The van der Waals surface area contributed by atoms with E-state index in [0.29, 0.717) is 32.3 Å². The lowest BCUT2D eigenvalue weighted by Crippen LogP contribution is -2.27. The fraction of sp³-hybridized carbons (Fsp3) is 0.0370. The van der Waals surface area contributed by atoms with Crippen molar-refractivity contribution in [3.8, 4) is 5.75 Å². The van der Waals surface area contributed by atoms with E-state index in [1.54, 1.807) is 18.2 Å². The minimum atomic E-state index is -0.175. The number of amides is 1. The summed E-state index contributed by atoms with van der Waals surface area (Å²) in [4.78, 5) is 15.1. The molecule has 1 heterocycles. The number of hydrogen-bond acceptors (Lipinski definition) is 4. The summed E-state index contributed by atoms with van der Waals surface area (Å²) in [5, 5.41) is 2.89. The molecule has 0 bridgehead atoms. The fourth-order valence-electron chi connectivity index (χ4n) is 3.83. The third-order valence-electron chi connectivity index (χ3n) is 5.43. The van der Waals surface area contributed by atoms with Gasteiger partial charge in [-0.25, -0.2) is 0 Å². The summed E-state index contributed by atoms with van der Waals surface area (Å²) in [7, 11) is 0. The number of thiocarbonyl (C=S) groups is 1. The predicted molar refractivity (Wildman–Crippen MR) is 157 cm³/mol. The Morgan fingerprint density at radius 2 is 1.69 bits per heavy atom. The second-order valence-corrected chi connectivity index (χ2v) is 11.6. The van der Waals surface area contributed by atoms with Crippen LogP contribution in [0.1, 0.15) is 11.1 Å². The Bertz CT molecular complexity index is 1490. The molecular weight excluding hydrogens is 630 g/mol. The van der Waals surface area contributed by atoms with Gasteiger partial charge in [0.2, 0.25) is 0 Å². The number of thioether (sulfide) groups is 1. The van der Waals surface area contributed by atoms with E-state index in [-0.39, 0.29) is 5.91 Å². The molecule has 174 valence electrons. The van der Waals surface area contributed by atoms with Crippen molar-refractivity contribution >= 4 is 100 Å². The summed E-state index contributed by atoms with van der Waals surface area (Å²) in [6, 6.07) is 25.4. The highest BCUT2D eigenvalue weighted by atomic mass is 79.9. The lowest BCUT2D eigenvalue weighted by molar-refractivity contribution is -0.113. The molecule has 0 aromatic heterocycles. The molecular formula is C27H16Br2ClNO2S2. The van der Waals surface area contributed by atoms with E-state index in [9.17, 15) is 4.79 Å². The van der Waals surface area contributed by atoms with Gasteiger partial charge in [0.25, 0.3) is 5.91 Å².